The smallest absolute Gasteiger partial charge is 0.200 e. The minimum Gasteiger partial charge on any atom is -0.330 e. The van der Waals surface area contributed by atoms with E-state index in [1.807, 2.05) is 42.5 Å². The SMILES string of the molecule is NC1=NC(c2ccc(OCCCCCCCCCCCP(Br)(c3ccccc3)(c3ccccc3)c3ccccc3)cc2)NC(=NCCc2ccccc2)N1. The normalized spacial score (nSPS) is 15.7. The summed E-state index contributed by atoms with van der Waals surface area (Å²) >= 11 is 4.60. The molecule has 0 aromatic heterocycles. The maximum absolute atomic E-state index is 6.08. The van der Waals surface area contributed by atoms with Crippen LogP contribution in [0.1, 0.15) is 75.1 Å². The van der Waals surface area contributed by atoms with Gasteiger partial charge in [0.2, 0.25) is 0 Å². The van der Waals surface area contributed by atoms with Crippen LogP contribution in [0.15, 0.2) is 156 Å². The number of benzene rings is 5. The molecule has 0 saturated carbocycles. The number of guanidine groups is 2. The van der Waals surface area contributed by atoms with Crippen molar-refractivity contribution >= 4 is 48.6 Å². The fourth-order valence-corrected chi connectivity index (χ4v) is 15.2. The molecule has 1 aliphatic heterocycles. The maximum atomic E-state index is 6.08. The minimum absolute atomic E-state index is 0.287. The maximum Gasteiger partial charge on any atom is 0.200 e. The Morgan fingerprint density at radius 1 is 0.611 bits per heavy atom. The van der Waals surface area contributed by atoms with Crippen molar-refractivity contribution in [2.75, 3.05) is 19.3 Å². The molecule has 8 heteroatoms. The first-order valence-corrected chi connectivity index (χ1v) is 24.0. The number of hydrogen-bond donors (Lipinski definition) is 3. The summed E-state index contributed by atoms with van der Waals surface area (Å²) in [7, 11) is 0. The van der Waals surface area contributed by atoms with Crippen LogP contribution in [0.5, 0.6) is 5.75 Å². The molecule has 0 spiro atoms. The van der Waals surface area contributed by atoms with Gasteiger partial charge in [0.15, 0.2) is 18.1 Å². The molecular formula is C46H55BrN5OP. The molecule has 1 heterocycles. The van der Waals surface area contributed by atoms with E-state index < -0.39 is 5.31 Å². The Morgan fingerprint density at radius 3 is 1.63 bits per heavy atom. The second-order valence-electron chi connectivity index (χ2n) is 14.2. The van der Waals surface area contributed by atoms with E-state index in [9.17, 15) is 0 Å². The fourth-order valence-electron chi connectivity index (χ4n) is 7.41. The van der Waals surface area contributed by atoms with Gasteiger partial charge in [0.05, 0.1) is 0 Å². The molecule has 0 saturated heterocycles. The van der Waals surface area contributed by atoms with Crippen LogP contribution in [0, 0.1) is 0 Å². The first-order valence-electron chi connectivity index (χ1n) is 19.6. The number of ether oxygens (including phenoxy) is 1. The molecule has 0 fully saturated rings. The van der Waals surface area contributed by atoms with Gasteiger partial charge in [0.25, 0.3) is 0 Å². The van der Waals surface area contributed by atoms with Gasteiger partial charge in [0.1, 0.15) is 5.75 Å². The number of aliphatic imine (C=N–C) groups is 2. The number of halogens is 1. The average Bonchev–Trinajstić information content (AvgIpc) is 3.22. The van der Waals surface area contributed by atoms with Crippen molar-refractivity contribution in [1.29, 1.82) is 0 Å². The summed E-state index contributed by atoms with van der Waals surface area (Å²) in [6.07, 6.45) is 12.8. The molecule has 0 amide bonds. The van der Waals surface area contributed by atoms with Crippen LogP contribution >= 0.6 is 20.8 Å². The topological polar surface area (TPSA) is 84.0 Å². The predicted molar refractivity (Wildman–Crippen MR) is 236 cm³/mol. The van der Waals surface area contributed by atoms with E-state index in [2.05, 4.69) is 139 Å². The van der Waals surface area contributed by atoms with Crippen LogP contribution < -0.4 is 37.0 Å². The summed E-state index contributed by atoms with van der Waals surface area (Å²) < 4.78 is 6.07. The summed E-state index contributed by atoms with van der Waals surface area (Å²) in [6, 6.07) is 51.9. The van der Waals surface area contributed by atoms with Crippen LogP contribution in [0.2, 0.25) is 0 Å². The molecule has 5 aromatic carbocycles. The van der Waals surface area contributed by atoms with E-state index >= 15 is 0 Å². The summed E-state index contributed by atoms with van der Waals surface area (Å²) in [6.45, 7) is 1.39. The first-order chi connectivity index (χ1) is 26.5. The number of nitrogens with zero attached hydrogens (tertiary/aromatic N) is 2. The number of hydrogen-bond acceptors (Lipinski definition) is 4. The van der Waals surface area contributed by atoms with Crippen LogP contribution in [0.4, 0.5) is 0 Å². The molecule has 6 nitrogen and oxygen atoms in total. The Morgan fingerprint density at radius 2 is 1.09 bits per heavy atom. The number of nitrogens with one attached hydrogen (secondary N) is 2. The zero-order valence-corrected chi connectivity index (χ0v) is 33.8. The second-order valence-corrected chi connectivity index (χ2v) is 23.2. The molecule has 1 atom stereocenters. The van der Waals surface area contributed by atoms with Gasteiger partial charge in [-0.25, -0.2) is 4.99 Å². The predicted octanol–water partition coefficient (Wildman–Crippen LogP) is 9.52. The number of nitrogens with two attached hydrogens (primary N) is 1. The Hall–Kier alpha value is -4.45. The van der Waals surface area contributed by atoms with Crippen molar-refractivity contribution in [2.45, 2.75) is 70.4 Å². The van der Waals surface area contributed by atoms with E-state index in [0.717, 1.165) is 36.9 Å². The first kappa shape index (κ1) is 39.2. The van der Waals surface area contributed by atoms with Crippen LogP contribution in [0.25, 0.3) is 0 Å². The fraction of sp³-hybridized carbons (Fsp3) is 0.304. The molecule has 1 unspecified atom stereocenters. The zero-order chi connectivity index (χ0) is 37.3. The van der Waals surface area contributed by atoms with Gasteiger partial charge in [0, 0.05) is 6.54 Å². The molecule has 0 bridgehead atoms. The van der Waals surface area contributed by atoms with Crippen molar-refractivity contribution in [1.82, 2.24) is 10.6 Å². The quantitative estimate of drug-likeness (QED) is 0.0541. The third kappa shape index (κ3) is 10.2. The van der Waals surface area contributed by atoms with E-state index in [0.29, 0.717) is 18.5 Å². The van der Waals surface area contributed by atoms with Gasteiger partial charge < -0.3 is 11.1 Å². The standard InChI is InChI=1S/C46H55BrN5OP/c47-54(41-24-14-9-15-25-41,42-26-16-10-17-27-42,43-28-18-11-19-29-43)37-21-7-5-3-1-2-4-6-20-36-53-40-32-30-39(31-33-40)44-50-45(48)52-46(51-44)49-35-34-38-22-12-8-13-23-38/h8-19,22-33,44H,1-7,20-21,34-37H2,(H4,48,49,50,51,52). The average molecular weight is 805 g/mol. The second kappa shape index (κ2) is 19.8. The Balaban J connectivity index is 0.877. The van der Waals surface area contributed by atoms with E-state index in [-0.39, 0.29) is 6.17 Å². The Kier molecular flexibility index (Phi) is 14.4. The Bertz CT molecular complexity index is 1810. The molecular weight excluding hydrogens is 749 g/mol. The molecule has 0 aliphatic carbocycles. The van der Waals surface area contributed by atoms with E-state index in [4.69, 9.17) is 10.5 Å². The molecule has 0 radical (unpaired) electrons. The van der Waals surface area contributed by atoms with Crippen molar-refractivity contribution in [2.24, 2.45) is 15.7 Å². The summed E-state index contributed by atoms with van der Waals surface area (Å²) in [5.74, 6) is 1.88. The molecule has 54 heavy (non-hydrogen) atoms. The van der Waals surface area contributed by atoms with Crippen molar-refractivity contribution in [3.8, 4) is 5.75 Å². The summed E-state index contributed by atoms with van der Waals surface area (Å²) in [4.78, 5) is 9.19. The molecule has 282 valence electrons. The number of rotatable bonds is 20. The van der Waals surface area contributed by atoms with Crippen LogP contribution in [0.3, 0.4) is 0 Å². The third-order valence-electron chi connectivity index (χ3n) is 10.4. The van der Waals surface area contributed by atoms with Crippen molar-refractivity contribution in [3.63, 3.8) is 0 Å². The molecule has 4 N–H and O–H groups in total. The minimum atomic E-state index is -2.81. The zero-order valence-electron chi connectivity index (χ0n) is 31.3. The number of unbranched alkanes of at least 4 members (excludes halogenated alkanes) is 8. The monoisotopic (exact) mass is 803 g/mol. The van der Waals surface area contributed by atoms with Gasteiger partial charge in [-0.05, 0) is 29.7 Å². The van der Waals surface area contributed by atoms with Gasteiger partial charge in [-0.2, -0.15) is 0 Å². The van der Waals surface area contributed by atoms with Crippen LogP contribution in [-0.4, -0.2) is 31.2 Å². The van der Waals surface area contributed by atoms with E-state index in [1.54, 1.807) is 0 Å². The van der Waals surface area contributed by atoms with Gasteiger partial charge >= 0.3 is 203 Å². The van der Waals surface area contributed by atoms with Gasteiger partial charge in [-0.1, -0.05) is 42.5 Å². The Labute approximate surface area is 330 Å². The van der Waals surface area contributed by atoms with Crippen molar-refractivity contribution < 1.29 is 4.74 Å². The third-order valence-corrected chi connectivity index (χ3v) is 20.4. The molecule has 1 aliphatic rings. The molecule has 6 rings (SSSR count). The van der Waals surface area contributed by atoms with Crippen molar-refractivity contribution in [3.05, 3.63) is 157 Å². The van der Waals surface area contributed by atoms with E-state index in [1.165, 1.54) is 72.8 Å². The van der Waals surface area contributed by atoms with Crippen LogP contribution in [-0.2, 0) is 6.42 Å². The largest absolute Gasteiger partial charge is 0.330 e. The summed E-state index contributed by atoms with van der Waals surface area (Å²) in [5.41, 5.74) is 8.35. The van der Waals surface area contributed by atoms with Gasteiger partial charge in [-0.15, -0.1) is 0 Å². The molecule has 5 aromatic rings. The van der Waals surface area contributed by atoms with Gasteiger partial charge in [-0.3, -0.25) is 10.3 Å². The summed E-state index contributed by atoms with van der Waals surface area (Å²) in [5, 5.41) is 7.81.